The fourth-order valence-electron chi connectivity index (χ4n) is 0.873. The van der Waals surface area contributed by atoms with Crippen molar-refractivity contribution >= 4 is 30.7 Å². The zero-order valence-electron chi connectivity index (χ0n) is 10.1. The SMILES string of the molecule is C[Si](C)(C)COCCOCCOCCI. The van der Waals surface area contributed by atoms with Crippen LogP contribution < -0.4 is 0 Å². The van der Waals surface area contributed by atoms with Crippen LogP contribution in [0.15, 0.2) is 0 Å². The van der Waals surface area contributed by atoms with Crippen LogP contribution in [-0.4, -0.2) is 51.8 Å². The van der Waals surface area contributed by atoms with E-state index in [1.165, 1.54) is 0 Å². The Balaban J connectivity index is 2.99. The van der Waals surface area contributed by atoms with E-state index in [0.717, 1.165) is 17.3 Å². The lowest BCUT2D eigenvalue weighted by molar-refractivity contribution is 0.0250. The van der Waals surface area contributed by atoms with Crippen LogP contribution >= 0.6 is 22.6 Å². The summed E-state index contributed by atoms with van der Waals surface area (Å²) in [7, 11) is -1.05. The third kappa shape index (κ3) is 14.8. The second-order valence-corrected chi connectivity index (χ2v) is 11.0. The van der Waals surface area contributed by atoms with E-state index in [2.05, 4.69) is 42.2 Å². The summed E-state index contributed by atoms with van der Waals surface area (Å²) in [5.41, 5.74) is 0. The van der Waals surface area contributed by atoms with Crippen molar-refractivity contribution in [1.82, 2.24) is 0 Å². The highest BCUT2D eigenvalue weighted by atomic mass is 127. The van der Waals surface area contributed by atoms with Gasteiger partial charge >= 0.3 is 0 Å². The van der Waals surface area contributed by atoms with Gasteiger partial charge in [0, 0.05) is 10.7 Å². The zero-order valence-corrected chi connectivity index (χ0v) is 13.2. The maximum atomic E-state index is 5.52. The maximum absolute atomic E-state index is 5.52. The van der Waals surface area contributed by atoms with Crippen molar-refractivity contribution in [1.29, 1.82) is 0 Å². The van der Waals surface area contributed by atoms with E-state index in [9.17, 15) is 0 Å². The van der Waals surface area contributed by atoms with Gasteiger partial charge in [0.15, 0.2) is 0 Å². The van der Waals surface area contributed by atoms with Crippen LogP contribution in [0.2, 0.25) is 19.6 Å². The minimum Gasteiger partial charge on any atom is -0.382 e. The number of hydrogen-bond donors (Lipinski definition) is 0. The molecule has 0 fully saturated rings. The normalized spacial score (nSPS) is 12.0. The Bertz CT molecular complexity index is 139. The van der Waals surface area contributed by atoms with Gasteiger partial charge in [-0.05, 0) is 0 Å². The van der Waals surface area contributed by atoms with Gasteiger partial charge in [-0.25, -0.2) is 0 Å². The average molecular weight is 346 g/mol. The van der Waals surface area contributed by atoms with E-state index in [1.807, 2.05) is 0 Å². The molecular weight excluding hydrogens is 323 g/mol. The third-order valence-corrected chi connectivity index (χ3v) is 3.01. The molecule has 0 aliphatic rings. The maximum Gasteiger partial charge on any atom is 0.0746 e. The molecule has 0 atom stereocenters. The lowest BCUT2D eigenvalue weighted by Gasteiger charge is -2.15. The number of alkyl halides is 1. The Kier molecular flexibility index (Phi) is 10.6. The van der Waals surface area contributed by atoms with Gasteiger partial charge in [-0.2, -0.15) is 0 Å². The summed E-state index contributed by atoms with van der Waals surface area (Å²) in [4.78, 5) is 0. The molecule has 0 aromatic carbocycles. The molecule has 0 aliphatic heterocycles. The summed E-state index contributed by atoms with van der Waals surface area (Å²) in [5.74, 6) is 0. The van der Waals surface area contributed by atoms with Gasteiger partial charge < -0.3 is 14.2 Å². The molecule has 0 amide bonds. The van der Waals surface area contributed by atoms with E-state index in [0.29, 0.717) is 26.4 Å². The van der Waals surface area contributed by atoms with Gasteiger partial charge in [0.05, 0.1) is 41.1 Å². The molecule has 0 saturated carbocycles. The van der Waals surface area contributed by atoms with Crippen LogP contribution in [0.4, 0.5) is 0 Å². The fourth-order valence-corrected chi connectivity index (χ4v) is 1.94. The van der Waals surface area contributed by atoms with Crippen LogP contribution in [0.1, 0.15) is 0 Å². The molecule has 0 rings (SSSR count). The van der Waals surface area contributed by atoms with Gasteiger partial charge in [0.1, 0.15) is 0 Å². The smallest absolute Gasteiger partial charge is 0.0746 e. The molecule has 5 heteroatoms. The lowest BCUT2D eigenvalue weighted by Crippen LogP contribution is -2.29. The van der Waals surface area contributed by atoms with Gasteiger partial charge in [-0.15, -0.1) is 0 Å². The van der Waals surface area contributed by atoms with Crippen LogP contribution in [-0.2, 0) is 14.2 Å². The molecule has 0 radical (unpaired) electrons. The average Bonchev–Trinajstić information content (AvgIpc) is 2.14. The Morgan fingerprint density at radius 2 is 1.27 bits per heavy atom. The Morgan fingerprint density at radius 3 is 1.73 bits per heavy atom. The standard InChI is InChI=1S/C10H23IO3Si/c1-15(2,3)10-14-9-8-13-7-6-12-5-4-11/h4-10H2,1-3H3. The zero-order chi connectivity index (χ0) is 11.6. The summed E-state index contributed by atoms with van der Waals surface area (Å²) in [6, 6.07) is 0. The number of rotatable bonds is 10. The van der Waals surface area contributed by atoms with Crippen molar-refractivity contribution in [3.63, 3.8) is 0 Å². The van der Waals surface area contributed by atoms with E-state index in [1.54, 1.807) is 0 Å². The Hall–Kier alpha value is 0.827. The number of hydrogen-bond acceptors (Lipinski definition) is 3. The molecule has 92 valence electrons. The summed E-state index contributed by atoms with van der Waals surface area (Å²) in [6.07, 6.45) is 0.918. The summed E-state index contributed by atoms with van der Waals surface area (Å²) in [5, 5.41) is 0. The van der Waals surface area contributed by atoms with Crippen LogP contribution in [0.3, 0.4) is 0 Å². The first-order valence-corrected chi connectivity index (χ1v) is 10.6. The van der Waals surface area contributed by atoms with Crippen molar-refractivity contribution in [2.75, 3.05) is 43.7 Å². The van der Waals surface area contributed by atoms with Crippen molar-refractivity contribution in [2.45, 2.75) is 19.6 Å². The predicted octanol–water partition coefficient (Wildman–Crippen LogP) is 2.35. The number of ether oxygens (including phenoxy) is 3. The van der Waals surface area contributed by atoms with Crippen molar-refractivity contribution in [2.24, 2.45) is 0 Å². The number of halogens is 1. The quantitative estimate of drug-likeness (QED) is 0.263. The summed E-state index contributed by atoms with van der Waals surface area (Å²) in [6.45, 7) is 10.5. The van der Waals surface area contributed by atoms with Crippen molar-refractivity contribution in [3.8, 4) is 0 Å². The minimum absolute atomic E-state index is 0.674. The molecule has 0 spiro atoms. The lowest BCUT2D eigenvalue weighted by atomic mass is 10.7. The molecule has 15 heavy (non-hydrogen) atoms. The van der Waals surface area contributed by atoms with Crippen molar-refractivity contribution < 1.29 is 14.2 Å². The second-order valence-electron chi connectivity index (χ2n) is 4.53. The van der Waals surface area contributed by atoms with Crippen LogP contribution in [0.25, 0.3) is 0 Å². The molecule has 0 aliphatic carbocycles. The minimum atomic E-state index is -1.05. The Morgan fingerprint density at radius 1 is 0.800 bits per heavy atom. The van der Waals surface area contributed by atoms with Crippen LogP contribution in [0, 0.1) is 0 Å². The van der Waals surface area contributed by atoms with E-state index < -0.39 is 8.07 Å². The van der Waals surface area contributed by atoms with Crippen molar-refractivity contribution in [3.05, 3.63) is 0 Å². The first-order valence-electron chi connectivity index (χ1n) is 5.35. The highest BCUT2D eigenvalue weighted by molar-refractivity contribution is 14.1. The molecule has 0 aromatic heterocycles. The second kappa shape index (κ2) is 10.0. The summed E-state index contributed by atoms with van der Waals surface area (Å²) < 4.78 is 17.2. The van der Waals surface area contributed by atoms with E-state index >= 15 is 0 Å². The summed E-state index contributed by atoms with van der Waals surface area (Å²) >= 11 is 2.29. The molecule has 0 heterocycles. The predicted molar refractivity (Wildman–Crippen MR) is 74.7 cm³/mol. The van der Waals surface area contributed by atoms with Gasteiger partial charge in [0.25, 0.3) is 0 Å². The van der Waals surface area contributed by atoms with Gasteiger partial charge in [0.2, 0.25) is 0 Å². The molecule has 0 saturated heterocycles. The van der Waals surface area contributed by atoms with Crippen LogP contribution in [0.5, 0.6) is 0 Å². The fraction of sp³-hybridized carbons (Fsp3) is 1.00. The molecule has 0 bridgehead atoms. The van der Waals surface area contributed by atoms with Gasteiger partial charge in [-0.3, -0.25) is 0 Å². The molecule has 3 nitrogen and oxygen atoms in total. The monoisotopic (exact) mass is 346 g/mol. The molecular formula is C10H23IO3Si. The molecule has 0 unspecified atom stereocenters. The Labute approximate surface area is 108 Å². The topological polar surface area (TPSA) is 27.7 Å². The highest BCUT2D eigenvalue weighted by Crippen LogP contribution is 1.99. The first-order chi connectivity index (χ1) is 7.06. The highest BCUT2D eigenvalue weighted by Gasteiger charge is 2.12. The third-order valence-electron chi connectivity index (χ3n) is 1.50. The first kappa shape index (κ1) is 15.8. The van der Waals surface area contributed by atoms with E-state index in [4.69, 9.17) is 14.2 Å². The molecule has 0 N–H and O–H groups in total. The molecule has 0 aromatic rings. The van der Waals surface area contributed by atoms with Gasteiger partial charge in [-0.1, -0.05) is 42.2 Å². The largest absolute Gasteiger partial charge is 0.382 e. The van der Waals surface area contributed by atoms with E-state index in [-0.39, 0.29) is 0 Å².